The van der Waals surface area contributed by atoms with Crippen molar-refractivity contribution in [2.75, 3.05) is 23.0 Å². The number of aromatic nitrogens is 3. The summed E-state index contributed by atoms with van der Waals surface area (Å²) in [7, 11) is 0. The lowest BCUT2D eigenvalue weighted by atomic mass is 10.2. The van der Waals surface area contributed by atoms with Gasteiger partial charge in [-0.3, -0.25) is 0 Å². The average molecular weight is 392 g/mol. The fourth-order valence-electron chi connectivity index (χ4n) is 2.76. The molecule has 0 aliphatic carbocycles. The Kier molecular flexibility index (Phi) is 4.94. The van der Waals surface area contributed by atoms with E-state index in [1.165, 1.54) is 11.9 Å². The predicted molar refractivity (Wildman–Crippen MR) is 115 cm³/mol. The molecule has 0 aliphatic heterocycles. The molecule has 142 valence electrons. The van der Waals surface area contributed by atoms with Gasteiger partial charge in [0.2, 0.25) is 0 Å². The molecule has 0 radical (unpaired) electrons. The van der Waals surface area contributed by atoms with Gasteiger partial charge in [-0.2, -0.15) is 0 Å². The maximum Gasteiger partial charge on any atom is 0.189 e. The summed E-state index contributed by atoms with van der Waals surface area (Å²) < 4.78 is 6.76. The third kappa shape index (κ3) is 3.67. The number of nitrogens with zero attached hydrogens (tertiary/aromatic N) is 3. The summed E-state index contributed by atoms with van der Waals surface area (Å²) >= 11 is 1.56. The van der Waals surface area contributed by atoms with Gasteiger partial charge < -0.3 is 21.1 Å². The van der Waals surface area contributed by atoms with Gasteiger partial charge in [-0.25, -0.2) is 15.0 Å². The molecule has 0 aliphatic rings. The maximum atomic E-state index is 6.31. The van der Waals surface area contributed by atoms with Crippen LogP contribution in [0.15, 0.2) is 48.8 Å². The van der Waals surface area contributed by atoms with E-state index in [4.69, 9.17) is 10.5 Å². The summed E-state index contributed by atoms with van der Waals surface area (Å²) in [6.07, 6.45) is 1.46. The first-order valence-corrected chi connectivity index (χ1v) is 9.69. The first-order valence-electron chi connectivity index (χ1n) is 8.87. The fraction of sp³-hybridized carbons (Fsp3) is 0.150. The number of rotatable bonds is 6. The number of nitrogen functional groups attached to an aromatic ring is 1. The number of nitrogens with two attached hydrogens (primary N) is 1. The van der Waals surface area contributed by atoms with Crippen LogP contribution in [-0.2, 0) is 0 Å². The molecular weight excluding hydrogens is 372 g/mol. The number of benzene rings is 2. The van der Waals surface area contributed by atoms with Crippen molar-refractivity contribution in [2.24, 2.45) is 0 Å². The van der Waals surface area contributed by atoms with Crippen molar-refractivity contribution in [3.05, 3.63) is 54.4 Å². The van der Waals surface area contributed by atoms with E-state index in [1.807, 2.05) is 43.3 Å². The molecule has 0 spiro atoms. The number of fused-ring (bicyclic) bond motifs is 1. The zero-order chi connectivity index (χ0) is 19.5. The zero-order valence-electron chi connectivity index (χ0n) is 15.6. The molecule has 0 unspecified atom stereocenters. The van der Waals surface area contributed by atoms with Crippen molar-refractivity contribution in [1.29, 1.82) is 0 Å². The average Bonchev–Trinajstić information content (AvgIpc) is 3.08. The van der Waals surface area contributed by atoms with Gasteiger partial charge in [0.15, 0.2) is 16.8 Å². The molecule has 2 aromatic carbocycles. The first kappa shape index (κ1) is 18.0. The molecule has 2 heterocycles. The van der Waals surface area contributed by atoms with E-state index in [-0.39, 0.29) is 0 Å². The number of aryl methyl sites for hydroxylation is 1. The molecule has 2 aromatic heterocycles. The Bertz CT molecular complexity index is 1130. The molecule has 0 saturated carbocycles. The Morgan fingerprint density at radius 2 is 1.86 bits per heavy atom. The Labute approximate surface area is 166 Å². The predicted octanol–water partition coefficient (Wildman–Crippen LogP) is 4.86. The van der Waals surface area contributed by atoms with Crippen LogP contribution in [0.2, 0.25) is 0 Å². The lowest BCUT2D eigenvalue weighted by Gasteiger charge is -2.14. The van der Waals surface area contributed by atoms with Gasteiger partial charge in [-0.05, 0) is 43.7 Å². The second-order valence-corrected chi connectivity index (χ2v) is 7.18. The molecular formula is C20H20N6OS. The van der Waals surface area contributed by atoms with Crippen LogP contribution in [0, 0.1) is 6.92 Å². The number of ether oxygens (including phenoxy) is 1. The van der Waals surface area contributed by atoms with Crippen LogP contribution in [0.1, 0.15) is 12.5 Å². The lowest BCUT2D eigenvalue weighted by Crippen LogP contribution is -2.06. The summed E-state index contributed by atoms with van der Waals surface area (Å²) in [6.45, 7) is 4.58. The third-order valence-electron chi connectivity index (χ3n) is 4.09. The van der Waals surface area contributed by atoms with Gasteiger partial charge >= 0.3 is 0 Å². The SMILES string of the molecule is CCOc1ccccc1Nc1ncnc(Nc2nc3ccc(C)cc3s2)c1N. The van der Waals surface area contributed by atoms with E-state index in [9.17, 15) is 0 Å². The number of para-hydroxylation sites is 2. The van der Waals surface area contributed by atoms with Crippen LogP contribution < -0.4 is 21.1 Å². The number of hydrogen-bond acceptors (Lipinski definition) is 8. The van der Waals surface area contributed by atoms with E-state index in [0.717, 1.165) is 26.8 Å². The maximum absolute atomic E-state index is 6.31. The van der Waals surface area contributed by atoms with Crippen molar-refractivity contribution < 1.29 is 4.74 Å². The number of thiazole rings is 1. The normalized spacial score (nSPS) is 10.8. The highest BCUT2D eigenvalue weighted by Gasteiger charge is 2.13. The van der Waals surface area contributed by atoms with Gasteiger partial charge in [0.05, 0.1) is 22.5 Å². The Hall–Kier alpha value is -3.39. The number of anilines is 5. The minimum atomic E-state index is 0.407. The fourth-order valence-corrected chi connectivity index (χ4v) is 3.72. The summed E-state index contributed by atoms with van der Waals surface area (Å²) in [5.41, 5.74) is 9.64. The van der Waals surface area contributed by atoms with Crippen LogP contribution in [-0.4, -0.2) is 21.6 Å². The van der Waals surface area contributed by atoms with Crippen LogP contribution in [0.3, 0.4) is 0 Å². The minimum absolute atomic E-state index is 0.407. The molecule has 0 saturated heterocycles. The van der Waals surface area contributed by atoms with E-state index in [1.54, 1.807) is 11.3 Å². The van der Waals surface area contributed by atoms with Gasteiger partial charge in [0.25, 0.3) is 0 Å². The minimum Gasteiger partial charge on any atom is -0.492 e. The smallest absolute Gasteiger partial charge is 0.189 e. The van der Waals surface area contributed by atoms with Crippen molar-refractivity contribution >= 4 is 49.7 Å². The number of nitrogens with one attached hydrogen (secondary N) is 2. The molecule has 28 heavy (non-hydrogen) atoms. The van der Waals surface area contributed by atoms with Crippen molar-refractivity contribution in [3.8, 4) is 5.75 Å². The topological polar surface area (TPSA) is 98.0 Å². The highest BCUT2D eigenvalue weighted by molar-refractivity contribution is 7.22. The summed E-state index contributed by atoms with van der Waals surface area (Å²) in [5.74, 6) is 1.74. The highest BCUT2D eigenvalue weighted by atomic mass is 32.1. The summed E-state index contributed by atoms with van der Waals surface area (Å²) in [5, 5.41) is 7.16. The van der Waals surface area contributed by atoms with Gasteiger partial charge in [0.1, 0.15) is 17.8 Å². The highest BCUT2D eigenvalue weighted by Crippen LogP contribution is 2.34. The monoisotopic (exact) mass is 392 g/mol. The second kappa shape index (κ2) is 7.69. The van der Waals surface area contributed by atoms with Crippen LogP contribution >= 0.6 is 11.3 Å². The zero-order valence-corrected chi connectivity index (χ0v) is 16.4. The van der Waals surface area contributed by atoms with Gasteiger partial charge in [0, 0.05) is 0 Å². The van der Waals surface area contributed by atoms with Crippen molar-refractivity contribution in [2.45, 2.75) is 13.8 Å². The molecule has 8 heteroatoms. The summed E-state index contributed by atoms with van der Waals surface area (Å²) in [6, 6.07) is 13.8. The molecule has 4 N–H and O–H groups in total. The summed E-state index contributed by atoms with van der Waals surface area (Å²) in [4.78, 5) is 13.1. The van der Waals surface area contributed by atoms with Crippen LogP contribution in [0.25, 0.3) is 10.2 Å². The Morgan fingerprint density at radius 1 is 1.07 bits per heavy atom. The quantitative estimate of drug-likeness (QED) is 0.431. The molecule has 4 aromatic rings. The van der Waals surface area contributed by atoms with Crippen molar-refractivity contribution in [1.82, 2.24) is 15.0 Å². The lowest BCUT2D eigenvalue weighted by molar-refractivity contribution is 0.342. The largest absolute Gasteiger partial charge is 0.492 e. The molecule has 0 atom stereocenters. The van der Waals surface area contributed by atoms with E-state index in [0.29, 0.717) is 23.9 Å². The molecule has 4 rings (SSSR count). The van der Waals surface area contributed by atoms with Crippen molar-refractivity contribution in [3.63, 3.8) is 0 Å². The first-order chi connectivity index (χ1) is 13.6. The Balaban J connectivity index is 1.61. The second-order valence-electron chi connectivity index (χ2n) is 6.15. The van der Waals surface area contributed by atoms with E-state index < -0.39 is 0 Å². The van der Waals surface area contributed by atoms with Gasteiger partial charge in [-0.15, -0.1) is 0 Å². The van der Waals surface area contributed by atoms with Gasteiger partial charge in [-0.1, -0.05) is 29.5 Å². The number of hydrogen-bond donors (Lipinski definition) is 3. The molecule has 7 nitrogen and oxygen atoms in total. The standard InChI is InChI=1S/C20H20N6OS/c1-3-27-15-7-5-4-6-13(15)24-18-17(21)19(23-11-22-18)26-20-25-14-9-8-12(2)10-16(14)28-20/h4-11H,3,21H2,1-2H3,(H2,22,23,24,25,26). The van der Waals surface area contributed by atoms with Crippen LogP contribution in [0.4, 0.5) is 28.1 Å². The third-order valence-corrected chi connectivity index (χ3v) is 5.03. The van der Waals surface area contributed by atoms with Crippen LogP contribution in [0.5, 0.6) is 5.75 Å². The van der Waals surface area contributed by atoms with E-state index in [2.05, 4.69) is 38.6 Å². The molecule has 0 fully saturated rings. The van der Waals surface area contributed by atoms with E-state index >= 15 is 0 Å². The molecule has 0 bridgehead atoms. The Morgan fingerprint density at radius 3 is 2.68 bits per heavy atom. The molecule has 0 amide bonds.